The molecule has 3 rings (SSSR count). The molecular formula is C27H33N3O4. The van der Waals surface area contributed by atoms with Gasteiger partial charge in [0, 0.05) is 45.4 Å². The van der Waals surface area contributed by atoms with Crippen molar-refractivity contribution in [3.05, 3.63) is 77.4 Å². The summed E-state index contributed by atoms with van der Waals surface area (Å²) in [5, 5.41) is 12.2. The Kier molecular flexibility index (Phi) is 7.76. The fourth-order valence-corrected chi connectivity index (χ4v) is 4.49. The van der Waals surface area contributed by atoms with Gasteiger partial charge in [0.2, 0.25) is 11.8 Å². The molecule has 7 heteroatoms. The lowest BCUT2D eigenvalue weighted by Gasteiger charge is -2.31. The highest BCUT2D eigenvalue weighted by Crippen LogP contribution is 2.43. The van der Waals surface area contributed by atoms with Crippen LogP contribution in [0.5, 0.6) is 0 Å². The molecule has 2 amide bonds. The van der Waals surface area contributed by atoms with Crippen molar-refractivity contribution in [1.82, 2.24) is 10.2 Å². The summed E-state index contributed by atoms with van der Waals surface area (Å²) in [7, 11) is 5.69. The Hall–Kier alpha value is -3.61. The third kappa shape index (κ3) is 5.30. The van der Waals surface area contributed by atoms with Crippen LogP contribution in [0.25, 0.3) is 0 Å². The number of carboxylic acid groups (broad SMARTS) is 1. The zero-order valence-electron chi connectivity index (χ0n) is 20.2. The predicted molar refractivity (Wildman–Crippen MR) is 133 cm³/mol. The van der Waals surface area contributed by atoms with E-state index < -0.39 is 23.3 Å². The van der Waals surface area contributed by atoms with E-state index in [1.54, 1.807) is 24.9 Å². The number of allylic oxidation sites excluding steroid dienone is 1. The van der Waals surface area contributed by atoms with Crippen LogP contribution in [0.15, 0.2) is 66.2 Å². The van der Waals surface area contributed by atoms with Crippen molar-refractivity contribution in [3.8, 4) is 0 Å². The number of nitrogens with one attached hydrogen (secondary N) is 1. The summed E-state index contributed by atoms with van der Waals surface area (Å²) < 4.78 is 0. The number of rotatable bonds is 9. The highest BCUT2D eigenvalue weighted by atomic mass is 16.4. The Morgan fingerprint density at radius 3 is 2.38 bits per heavy atom. The Morgan fingerprint density at radius 2 is 1.79 bits per heavy atom. The largest absolute Gasteiger partial charge is 0.480 e. The molecule has 1 aliphatic heterocycles. The van der Waals surface area contributed by atoms with Crippen molar-refractivity contribution < 1.29 is 19.5 Å². The van der Waals surface area contributed by atoms with Gasteiger partial charge in [-0.2, -0.15) is 0 Å². The molecule has 2 aromatic carbocycles. The number of likely N-dealkylation sites (N-methyl/N-ethyl adjacent to an activating group) is 1. The highest BCUT2D eigenvalue weighted by molar-refractivity contribution is 5.96. The number of hydrogen-bond donors (Lipinski definition) is 2. The van der Waals surface area contributed by atoms with Crippen LogP contribution >= 0.6 is 0 Å². The van der Waals surface area contributed by atoms with E-state index in [-0.39, 0.29) is 12.3 Å². The van der Waals surface area contributed by atoms with Crippen LogP contribution in [0.3, 0.4) is 0 Å². The van der Waals surface area contributed by atoms with Crippen LogP contribution in [0.4, 0.5) is 5.69 Å². The molecule has 2 unspecified atom stereocenters. The first-order valence-electron chi connectivity index (χ1n) is 11.4. The normalized spacial score (nSPS) is 19.1. The van der Waals surface area contributed by atoms with Gasteiger partial charge >= 0.3 is 5.97 Å². The molecule has 1 saturated heterocycles. The number of benzene rings is 2. The quantitative estimate of drug-likeness (QED) is 0.558. The van der Waals surface area contributed by atoms with Gasteiger partial charge in [-0.1, -0.05) is 54.6 Å². The van der Waals surface area contributed by atoms with E-state index in [0.29, 0.717) is 25.0 Å². The Labute approximate surface area is 201 Å². The number of carboxylic acids is 1. The molecule has 2 N–H and O–H groups in total. The zero-order chi connectivity index (χ0) is 24.9. The average molecular weight is 464 g/mol. The van der Waals surface area contributed by atoms with E-state index in [1.807, 2.05) is 73.6 Å². The first kappa shape index (κ1) is 25.0. The van der Waals surface area contributed by atoms with E-state index in [1.165, 1.54) is 0 Å². The lowest BCUT2D eigenvalue weighted by atomic mass is 9.74. The minimum Gasteiger partial charge on any atom is -0.480 e. The molecule has 2 atom stereocenters. The molecule has 0 radical (unpaired) electrons. The molecule has 0 bridgehead atoms. The number of carbonyl (C=O) groups is 3. The number of aliphatic carboxylic acids is 1. The van der Waals surface area contributed by atoms with Gasteiger partial charge < -0.3 is 20.2 Å². The minimum atomic E-state index is -1.09. The van der Waals surface area contributed by atoms with Crippen molar-refractivity contribution in [2.75, 3.05) is 32.6 Å². The van der Waals surface area contributed by atoms with Gasteiger partial charge in [0.05, 0.1) is 5.41 Å². The molecule has 1 fully saturated rings. The molecule has 2 aromatic rings. The summed E-state index contributed by atoms with van der Waals surface area (Å²) in [4.78, 5) is 41.7. The highest BCUT2D eigenvalue weighted by Gasteiger charge is 2.47. The molecular weight excluding hydrogens is 430 g/mol. The monoisotopic (exact) mass is 463 g/mol. The molecule has 1 heterocycles. The standard InChI is InChI=1S/C27H33N3O4/c1-19(24(31)28-22(25(32)33)18-20-10-6-5-7-11-20)14-15-27(16-17-30(4)26(27)34)21-12-8-9-13-23(21)29(2)3/h5-14,22H,15-18H2,1-4H3,(H,28,31)(H,32,33). The van der Waals surface area contributed by atoms with E-state index >= 15 is 0 Å². The van der Waals surface area contributed by atoms with Gasteiger partial charge in [0.25, 0.3) is 0 Å². The SMILES string of the molecule is CC(=CCC1(c2ccccc2N(C)C)CCN(C)C1=O)C(=O)NC(Cc1ccccc1)C(=O)O. The maximum atomic E-state index is 13.4. The van der Waals surface area contributed by atoms with Crippen molar-refractivity contribution in [3.63, 3.8) is 0 Å². The maximum absolute atomic E-state index is 13.4. The molecule has 0 saturated carbocycles. The summed E-state index contributed by atoms with van der Waals surface area (Å²) >= 11 is 0. The van der Waals surface area contributed by atoms with Crippen molar-refractivity contribution in [2.24, 2.45) is 0 Å². The Morgan fingerprint density at radius 1 is 1.15 bits per heavy atom. The van der Waals surface area contributed by atoms with Crippen LogP contribution in [-0.2, 0) is 26.2 Å². The summed E-state index contributed by atoms with van der Waals surface area (Å²) in [6, 6.07) is 16.0. The van der Waals surface area contributed by atoms with Crippen LogP contribution in [0.2, 0.25) is 0 Å². The number of hydrogen-bond acceptors (Lipinski definition) is 4. The second kappa shape index (κ2) is 10.5. The molecule has 34 heavy (non-hydrogen) atoms. The van der Waals surface area contributed by atoms with Gasteiger partial charge in [-0.05, 0) is 37.0 Å². The van der Waals surface area contributed by atoms with E-state index in [4.69, 9.17) is 0 Å². The minimum absolute atomic E-state index is 0.0266. The number of likely N-dealkylation sites (tertiary alicyclic amines) is 1. The van der Waals surface area contributed by atoms with Crippen molar-refractivity contribution in [2.45, 2.75) is 37.6 Å². The van der Waals surface area contributed by atoms with Crippen molar-refractivity contribution >= 4 is 23.5 Å². The number of nitrogens with zero attached hydrogens (tertiary/aromatic N) is 2. The molecule has 7 nitrogen and oxygen atoms in total. The first-order valence-corrected chi connectivity index (χ1v) is 11.4. The van der Waals surface area contributed by atoms with Crippen LogP contribution in [-0.4, -0.2) is 61.5 Å². The fourth-order valence-electron chi connectivity index (χ4n) is 4.49. The molecule has 0 aliphatic carbocycles. The summed E-state index contributed by atoms with van der Waals surface area (Å²) in [6.07, 6.45) is 2.96. The van der Waals surface area contributed by atoms with Crippen LogP contribution in [0.1, 0.15) is 30.9 Å². The topological polar surface area (TPSA) is 90.0 Å². The maximum Gasteiger partial charge on any atom is 0.326 e. The fraction of sp³-hybridized carbons (Fsp3) is 0.370. The number of anilines is 1. The van der Waals surface area contributed by atoms with Gasteiger partial charge in [-0.15, -0.1) is 0 Å². The molecule has 0 aromatic heterocycles. The summed E-state index contributed by atoms with van der Waals surface area (Å²) in [6.45, 7) is 2.29. The Bertz CT molecular complexity index is 1080. The number of amides is 2. The molecule has 1 aliphatic rings. The number of para-hydroxylation sites is 1. The third-order valence-electron chi connectivity index (χ3n) is 6.53. The first-order chi connectivity index (χ1) is 16.2. The van der Waals surface area contributed by atoms with E-state index in [2.05, 4.69) is 5.32 Å². The second-order valence-electron chi connectivity index (χ2n) is 9.12. The van der Waals surface area contributed by atoms with Crippen LogP contribution in [0, 0.1) is 0 Å². The van der Waals surface area contributed by atoms with E-state index in [9.17, 15) is 19.5 Å². The third-order valence-corrected chi connectivity index (χ3v) is 6.53. The molecule has 180 valence electrons. The lowest BCUT2D eigenvalue weighted by molar-refractivity contribution is -0.141. The lowest BCUT2D eigenvalue weighted by Crippen LogP contribution is -2.42. The zero-order valence-corrected chi connectivity index (χ0v) is 20.2. The summed E-state index contributed by atoms with van der Waals surface area (Å²) in [5.41, 5.74) is 2.36. The van der Waals surface area contributed by atoms with Gasteiger partial charge in [-0.25, -0.2) is 4.79 Å². The van der Waals surface area contributed by atoms with Crippen LogP contribution < -0.4 is 10.2 Å². The van der Waals surface area contributed by atoms with Gasteiger partial charge in [0.15, 0.2) is 0 Å². The predicted octanol–water partition coefficient (Wildman–Crippen LogP) is 3.00. The molecule has 0 spiro atoms. The summed E-state index contributed by atoms with van der Waals surface area (Å²) in [5.74, 6) is -1.51. The average Bonchev–Trinajstić information content (AvgIpc) is 3.12. The number of carbonyl (C=O) groups excluding carboxylic acids is 2. The second-order valence-corrected chi connectivity index (χ2v) is 9.12. The smallest absolute Gasteiger partial charge is 0.326 e. The van der Waals surface area contributed by atoms with Gasteiger partial charge in [-0.3, -0.25) is 9.59 Å². The van der Waals surface area contributed by atoms with Gasteiger partial charge in [0.1, 0.15) is 6.04 Å². The van der Waals surface area contributed by atoms with Crippen molar-refractivity contribution in [1.29, 1.82) is 0 Å². The Balaban J connectivity index is 1.83. The van der Waals surface area contributed by atoms with E-state index in [0.717, 1.165) is 16.8 Å².